The molecule has 2 aromatic rings. The van der Waals surface area contributed by atoms with Crippen LogP contribution in [0.15, 0.2) is 43.0 Å². The summed E-state index contributed by atoms with van der Waals surface area (Å²) in [5, 5.41) is 0. The Bertz CT molecular complexity index is 1050. The fraction of sp³-hybridized carbons (Fsp3) is 0.483. The zero-order valence-electron chi connectivity index (χ0n) is 20.2. The van der Waals surface area contributed by atoms with Crippen molar-refractivity contribution in [1.82, 2.24) is 0 Å². The van der Waals surface area contributed by atoms with E-state index >= 15 is 4.39 Å². The second kappa shape index (κ2) is 11.3. The van der Waals surface area contributed by atoms with Crippen molar-refractivity contribution in [2.45, 2.75) is 70.1 Å². The van der Waals surface area contributed by atoms with Crippen LogP contribution in [0, 0.1) is 29.3 Å². The molecule has 2 fully saturated rings. The predicted molar refractivity (Wildman–Crippen MR) is 129 cm³/mol. The van der Waals surface area contributed by atoms with Crippen molar-refractivity contribution >= 4 is 5.97 Å². The van der Waals surface area contributed by atoms with Crippen LogP contribution in [-0.4, -0.2) is 12.6 Å². The first-order valence-electron chi connectivity index (χ1n) is 12.6. The van der Waals surface area contributed by atoms with Gasteiger partial charge in [0.15, 0.2) is 23.2 Å². The van der Waals surface area contributed by atoms with E-state index in [1.807, 2.05) is 0 Å². The Morgan fingerprint density at radius 1 is 0.914 bits per heavy atom. The van der Waals surface area contributed by atoms with Crippen LogP contribution >= 0.6 is 0 Å². The number of benzene rings is 2. The van der Waals surface area contributed by atoms with E-state index in [0.29, 0.717) is 42.7 Å². The van der Waals surface area contributed by atoms with Gasteiger partial charge in [0, 0.05) is 6.07 Å². The minimum atomic E-state index is -0.735. The molecule has 0 heterocycles. The lowest BCUT2D eigenvalue weighted by Gasteiger charge is -2.29. The van der Waals surface area contributed by atoms with Gasteiger partial charge < -0.3 is 9.47 Å². The first-order valence-corrected chi connectivity index (χ1v) is 12.6. The van der Waals surface area contributed by atoms with Gasteiger partial charge in [0.25, 0.3) is 0 Å². The van der Waals surface area contributed by atoms with Crippen LogP contribution < -0.4 is 9.47 Å². The number of hydrogen-bond acceptors (Lipinski definition) is 3. The van der Waals surface area contributed by atoms with E-state index in [2.05, 4.69) is 13.5 Å². The third-order valence-corrected chi connectivity index (χ3v) is 7.58. The van der Waals surface area contributed by atoms with Gasteiger partial charge in [-0.05, 0) is 79.5 Å². The summed E-state index contributed by atoms with van der Waals surface area (Å²) in [5.41, 5.74) is 0.906. The van der Waals surface area contributed by atoms with Crippen molar-refractivity contribution in [3.05, 3.63) is 71.6 Å². The number of esters is 1. The van der Waals surface area contributed by atoms with E-state index in [1.54, 1.807) is 12.1 Å². The largest absolute Gasteiger partial charge is 0.486 e. The first-order chi connectivity index (χ1) is 16.9. The number of carbonyl (C=O) groups excluding carboxylic acids is 1. The molecule has 0 spiro atoms. The molecular formula is C29H33F3O3. The zero-order valence-corrected chi connectivity index (χ0v) is 20.2. The summed E-state index contributed by atoms with van der Waals surface area (Å²) in [6, 6.07) is 7.53. The molecule has 6 heteroatoms. The molecular weight excluding hydrogens is 453 g/mol. The van der Waals surface area contributed by atoms with Crippen LogP contribution in [0.5, 0.6) is 11.5 Å². The third-order valence-electron chi connectivity index (χ3n) is 7.58. The van der Waals surface area contributed by atoms with Gasteiger partial charge in [0.1, 0.15) is 12.4 Å². The van der Waals surface area contributed by atoms with Crippen molar-refractivity contribution in [3.63, 3.8) is 0 Å². The SMILES string of the molecule is C=CCOc1ccc(OC(=O)C2CCC(c3ccc(C4CCC(C)CC4)c(F)c3F)CC2)cc1F. The summed E-state index contributed by atoms with van der Waals surface area (Å²) in [6.07, 6.45) is 7.57. The van der Waals surface area contributed by atoms with Crippen molar-refractivity contribution in [1.29, 1.82) is 0 Å². The molecule has 3 nitrogen and oxygen atoms in total. The van der Waals surface area contributed by atoms with Crippen LogP contribution in [0.2, 0.25) is 0 Å². The van der Waals surface area contributed by atoms with Gasteiger partial charge in [-0.3, -0.25) is 4.79 Å². The Labute approximate surface area is 205 Å². The quantitative estimate of drug-likeness (QED) is 0.227. The van der Waals surface area contributed by atoms with E-state index in [9.17, 15) is 13.6 Å². The average Bonchev–Trinajstić information content (AvgIpc) is 2.86. The fourth-order valence-electron chi connectivity index (χ4n) is 5.43. The highest BCUT2D eigenvalue weighted by Crippen LogP contribution is 2.41. The number of ether oxygens (including phenoxy) is 2. The standard InChI is InChI=1S/C29H33F3O3/c1-3-16-34-26-15-12-22(17-25(26)30)35-29(33)21-10-8-20(9-11-21)24-14-13-23(27(31)28(24)32)19-6-4-18(2)5-7-19/h3,12-15,17-21H,1,4-11,16H2,2H3. The monoisotopic (exact) mass is 486 g/mol. The summed E-state index contributed by atoms with van der Waals surface area (Å²) in [7, 11) is 0. The van der Waals surface area contributed by atoms with E-state index < -0.39 is 23.4 Å². The molecule has 35 heavy (non-hydrogen) atoms. The highest BCUT2D eigenvalue weighted by atomic mass is 19.2. The molecule has 0 unspecified atom stereocenters. The molecule has 0 bridgehead atoms. The van der Waals surface area contributed by atoms with Gasteiger partial charge >= 0.3 is 5.97 Å². The van der Waals surface area contributed by atoms with E-state index in [1.165, 1.54) is 18.2 Å². The van der Waals surface area contributed by atoms with Crippen molar-refractivity contribution in [3.8, 4) is 11.5 Å². The van der Waals surface area contributed by atoms with Gasteiger partial charge in [0.2, 0.25) is 0 Å². The second-order valence-corrected chi connectivity index (χ2v) is 9.99. The molecule has 0 atom stereocenters. The first kappa shape index (κ1) is 25.3. The van der Waals surface area contributed by atoms with E-state index in [-0.39, 0.29) is 35.9 Å². The Balaban J connectivity index is 1.34. The molecule has 2 saturated carbocycles. The summed E-state index contributed by atoms with van der Waals surface area (Å²) >= 11 is 0. The average molecular weight is 487 g/mol. The molecule has 2 aromatic carbocycles. The molecule has 0 radical (unpaired) electrons. The minimum Gasteiger partial charge on any atom is -0.486 e. The maximum atomic E-state index is 15.1. The Morgan fingerprint density at radius 2 is 1.49 bits per heavy atom. The Kier molecular flexibility index (Phi) is 8.19. The lowest BCUT2D eigenvalue weighted by Crippen LogP contribution is -2.25. The van der Waals surface area contributed by atoms with Crippen molar-refractivity contribution in [2.24, 2.45) is 11.8 Å². The molecule has 0 aliphatic heterocycles. The number of halogens is 3. The lowest BCUT2D eigenvalue weighted by molar-refractivity contribution is -0.140. The topological polar surface area (TPSA) is 35.5 Å². The maximum Gasteiger partial charge on any atom is 0.314 e. The third kappa shape index (κ3) is 5.91. The summed E-state index contributed by atoms with van der Waals surface area (Å²) < 4.78 is 54.7. The molecule has 188 valence electrons. The van der Waals surface area contributed by atoms with Crippen LogP contribution in [0.25, 0.3) is 0 Å². The van der Waals surface area contributed by atoms with Gasteiger partial charge in [0.05, 0.1) is 5.92 Å². The van der Waals surface area contributed by atoms with Crippen LogP contribution in [-0.2, 0) is 4.79 Å². The molecule has 0 amide bonds. The maximum absolute atomic E-state index is 15.1. The van der Waals surface area contributed by atoms with E-state index in [0.717, 1.165) is 31.7 Å². The molecule has 0 N–H and O–H groups in total. The van der Waals surface area contributed by atoms with Gasteiger partial charge in [-0.2, -0.15) is 0 Å². The molecule has 0 aromatic heterocycles. The predicted octanol–water partition coefficient (Wildman–Crippen LogP) is 7.84. The Hall–Kier alpha value is -2.76. The number of carbonyl (C=O) groups is 1. The minimum absolute atomic E-state index is 0.0588. The van der Waals surface area contributed by atoms with E-state index in [4.69, 9.17) is 9.47 Å². The summed E-state index contributed by atoms with van der Waals surface area (Å²) in [6.45, 7) is 5.90. The normalized spacial score (nSPS) is 24.6. The van der Waals surface area contributed by atoms with Crippen LogP contribution in [0.3, 0.4) is 0 Å². The van der Waals surface area contributed by atoms with Gasteiger partial charge in [-0.15, -0.1) is 0 Å². The number of rotatable bonds is 7. The summed E-state index contributed by atoms with van der Waals surface area (Å²) in [5.74, 6) is -2.07. The summed E-state index contributed by atoms with van der Waals surface area (Å²) in [4.78, 5) is 12.6. The zero-order chi connectivity index (χ0) is 24.9. The lowest BCUT2D eigenvalue weighted by atomic mass is 9.76. The highest BCUT2D eigenvalue weighted by molar-refractivity contribution is 5.75. The second-order valence-electron chi connectivity index (χ2n) is 9.99. The van der Waals surface area contributed by atoms with Crippen LogP contribution in [0.4, 0.5) is 13.2 Å². The smallest absolute Gasteiger partial charge is 0.314 e. The fourth-order valence-corrected chi connectivity index (χ4v) is 5.43. The molecule has 0 saturated heterocycles. The molecule has 4 rings (SSSR count). The van der Waals surface area contributed by atoms with Crippen LogP contribution in [0.1, 0.15) is 81.3 Å². The van der Waals surface area contributed by atoms with Crippen molar-refractivity contribution in [2.75, 3.05) is 6.61 Å². The molecule has 2 aliphatic carbocycles. The highest BCUT2D eigenvalue weighted by Gasteiger charge is 2.32. The number of hydrogen-bond donors (Lipinski definition) is 0. The van der Waals surface area contributed by atoms with Gasteiger partial charge in [-0.1, -0.05) is 44.6 Å². The molecule has 2 aliphatic rings. The van der Waals surface area contributed by atoms with Gasteiger partial charge in [-0.25, -0.2) is 13.2 Å². The Morgan fingerprint density at radius 3 is 2.03 bits per heavy atom. The van der Waals surface area contributed by atoms with Crippen molar-refractivity contribution < 1.29 is 27.4 Å².